The van der Waals surface area contributed by atoms with Crippen molar-refractivity contribution in [2.24, 2.45) is 0 Å². The van der Waals surface area contributed by atoms with E-state index in [1.165, 1.54) is 0 Å². The summed E-state index contributed by atoms with van der Waals surface area (Å²) in [5.41, 5.74) is 8.19. The van der Waals surface area contributed by atoms with Gasteiger partial charge in [0.2, 0.25) is 27.2 Å². The first-order valence-electron chi connectivity index (χ1n) is 18.1. The van der Waals surface area contributed by atoms with Crippen molar-refractivity contribution >= 4 is 38.7 Å². The van der Waals surface area contributed by atoms with Crippen LogP contribution in [0.3, 0.4) is 0 Å². The van der Waals surface area contributed by atoms with E-state index in [0.717, 1.165) is 77.8 Å². The average molecular weight is 721 g/mol. The fourth-order valence-corrected chi connectivity index (χ4v) is 9.33. The minimum Gasteiger partial charge on any atom is -0.454 e. The second kappa shape index (κ2) is 10.8. The van der Waals surface area contributed by atoms with Crippen LogP contribution in [-0.4, -0.2) is 47.1 Å². The fourth-order valence-electron chi connectivity index (χ4n) is 9.33. The van der Waals surface area contributed by atoms with Crippen LogP contribution in [0.1, 0.15) is 36.1 Å². The molecule has 0 bridgehead atoms. The topological polar surface area (TPSA) is 97.4 Å². The molecule has 0 fully saturated rings. The van der Waals surface area contributed by atoms with Crippen molar-refractivity contribution in [2.45, 2.75) is 24.9 Å². The number of carbonyl (C=O) groups excluding carboxylic acids is 1. The molecular formula is C43H32N2O9. The molecule has 6 aromatic carbocycles. The molecular weight excluding hydrogens is 688 g/mol. The lowest BCUT2D eigenvalue weighted by Crippen LogP contribution is -2.33. The van der Waals surface area contributed by atoms with E-state index in [2.05, 4.69) is 72.4 Å². The van der Waals surface area contributed by atoms with E-state index in [1.54, 1.807) is 0 Å². The molecule has 54 heavy (non-hydrogen) atoms. The van der Waals surface area contributed by atoms with Gasteiger partial charge in [-0.15, -0.1) is 0 Å². The number of benzene rings is 6. The second-order valence-corrected chi connectivity index (χ2v) is 14.5. The molecule has 0 saturated carbocycles. The SMILES string of the molecule is CN1c2c(ccc3cc4c(cc23)OCO4)-c2cc3c(cc2[C@@H]1CC(=O)C[C@H]1c2c(ccc4c2OCO4)-c2ccc4cc5c(cc4c2N1C)OCO5)OCO3. The van der Waals surface area contributed by atoms with Crippen LogP contribution in [0, 0.1) is 0 Å². The lowest BCUT2D eigenvalue weighted by atomic mass is 9.81. The van der Waals surface area contributed by atoms with Crippen LogP contribution in [0.5, 0.6) is 46.0 Å². The highest BCUT2D eigenvalue weighted by Gasteiger charge is 2.40. The van der Waals surface area contributed by atoms with Gasteiger partial charge < -0.3 is 47.7 Å². The summed E-state index contributed by atoms with van der Waals surface area (Å²) in [6.45, 7) is 0.681. The number of Topliss-reactive ketones (excluding diaryl/α,β-unsaturated/α-hetero) is 1. The number of ether oxygens (including phenoxy) is 8. The largest absolute Gasteiger partial charge is 0.454 e. The van der Waals surface area contributed by atoms with Crippen LogP contribution < -0.4 is 47.7 Å². The smallest absolute Gasteiger partial charge is 0.231 e. The number of anilines is 2. The third-order valence-electron chi connectivity index (χ3n) is 11.8. The Morgan fingerprint density at radius 3 is 1.65 bits per heavy atom. The van der Waals surface area contributed by atoms with Crippen molar-refractivity contribution in [1.82, 2.24) is 0 Å². The predicted octanol–water partition coefficient (Wildman–Crippen LogP) is 8.27. The van der Waals surface area contributed by atoms with E-state index >= 15 is 0 Å². The van der Waals surface area contributed by atoms with Gasteiger partial charge in [0.05, 0.1) is 23.5 Å². The summed E-state index contributed by atoms with van der Waals surface area (Å²) in [6.07, 6.45) is 0.506. The molecule has 0 saturated heterocycles. The number of ketones is 1. The molecule has 0 N–H and O–H groups in total. The van der Waals surface area contributed by atoms with E-state index in [-0.39, 0.29) is 57.9 Å². The molecule has 6 aliphatic heterocycles. The van der Waals surface area contributed by atoms with Crippen LogP contribution in [0.2, 0.25) is 0 Å². The number of hydrogen-bond donors (Lipinski definition) is 0. The Bertz CT molecular complexity index is 2670. The highest BCUT2D eigenvalue weighted by Crippen LogP contribution is 2.57. The molecule has 2 atom stereocenters. The van der Waals surface area contributed by atoms with Crippen molar-refractivity contribution < 1.29 is 42.7 Å². The molecule has 12 rings (SSSR count). The molecule has 6 aromatic rings. The van der Waals surface area contributed by atoms with Crippen molar-refractivity contribution in [3.8, 4) is 68.2 Å². The molecule has 11 nitrogen and oxygen atoms in total. The Kier molecular flexibility index (Phi) is 6.00. The van der Waals surface area contributed by atoms with E-state index in [9.17, 15) is 4.79 Å². The first kappa shape index (κ1) is 30.0. The van der Waals surface area contributed by atoms with Gasteiger partial charge in [0.1, 0.15) is 5.78 Å². The molecule has 6 heterocycles. The van der Waals surface area contributed by atoms with Crippen LogP contribution in [0.4, 0.5) is 11.4 Å². The summed E-state index contributed by atoms with van der Waals surface area (Å²) < 4.78 is 46.8. The van der Waals surface area contributed by atoms with Gasteiger partial charge in [-0.3, -0.25) is 4.79 Å². The lowest BCUT2D eigenvalue weighted by Gasteiger charge is -2.40. The van der Waals surface area contributed by atoms with Gasteiger partial charge in [-0.25, -0.2) is 0 Å². The zero-order chi connectivity index (χ0) is 35.8. The number of hydrogen-bond acceptors (Lipinski definition) is 11. The highest BCUT2D eigenvalue weighted by molar-refractivity contribution is 6.07. The molecule has 0 aromatic heterocycles. The van der Waals surface area contributed by atoms with Gasteiger partial charge in [0.25, 0.3) is 0 Å². The number of carbonyl (C=O) groups is 1. The summed E-state index contributed by atoms with van der Waals surface area (Å²) >= 11 is 0. The summed E-state index contributed by atoms with van der Waals surface area (Å²) in [4.78, 5) is 19.3. The summed E-state index contributed by atoms with van der Waals surface area (Å²) in [5, 5.41) is 4.12. The Labute approximate surface area is 309 Å². The van der Waals surface area contributed by atoms with Gasteiger partial charge in [-0.1, -0.05) is 24.3 Å². The van der Waals surface area contributed by atoms with Crippen molar-refractivity contribution in [2.75, 3.05) is 51.1 Å². The Hall–Kier alpha value is -6.49. The third-order valence-corrected chi connectivity index (χ3v) is 11.8. The minimum absolute atomic E-state index is 0.109. The van der Waals surface area contributed by atoms with Crippen LogP contribution in [0.15, 0.2) is 72.8 Å². The van der Waals surface area contributed by atoms with Gasteiger partial charge >= 0.3 is 0 Å². The molecule has 0 radical (unpaired) electrons. The second-order valence-electron chi connectivity index (χ2n) is 14.5. The zero-order valence-electron chi connectivity index (χ0n) is 29.4. The highest BCUT2D eigenvalue weighted by atomic mass is 16.7. The maximum Gasteiger partial charge on any atom is 0.231 e. The quantitative estimate of drug-likeness (QED) is 0.176. The van der Waals surface area contributed by atoms with Crippen LogP contribution >= 0.6 is 0 Å². The first-order valence-corrected chi connectivity index (χ1v) is 18.1. The standard InChI is InChI=1S/C43H32N2O9/c1-44-31(30-16-39-38(52-19-53-39)15-29(30)26-6-4-22-10-35-37(51-18-49-35)14-28(22)42(26)44)11-23(46)12-32-40-24(7-8-33-43(40)54-20-47-33)25-5-3-21-9-34-36(50-17-48-34)13-27(21)41(25)45(32)2/h3-10,13-16,31-32H,11-12,17-20H2,1-2H3/t31-,32-/m0/s1. The fraction of sp³-hybridized carbons (Fsp3) is 0.233. The molecule has 0 aliphatic carbocycles. The Morgan fingerprint density at radius 1 is 0.519 bits per heavy atom. The maximum absolute atomic E-state index is 14.8. The van der Waals surface area contributed by atoms with Crippen LogP contribution in [0.25, 0.3) is 43.8 Å². The average Bonchev–Trinajstić information content (AvgIpc) is 4.02. The lowest BCUT2D eigenvalue weighted by molar-refractivity contribution is -0.119. The minimum atomic E-state index is -0.328. The molecule has 0 unspecified atom stereocenters. The predicted molar refractivity (Wildman–Crippen MR) is 200 cm³/mol. The molecule has 0 spiro atoms. The van der Waals surface area contributed by atoms with Crippen molar-refractivity contribution in [1.29, 1.82) is 0 Å². The summed E-state index contributed by atoms with van der Waals surface area (Å²) in [5.74, 6) is 5.76. The zero-order valence-corrected chi connectivity index (χ0v) is 29.4. The molecule has 0 amide bonds. The van der Waals surface area contributed by atoms with Crippen molar-refractivity contribution in [3.05, 3.63) is 83.9 Å². The Morgan fingerprint density at radius 2 is 1.00 bits per heavy atom. The molecule has 268 valence electrons. The maximum atomic E-state index is 14.8. The van der Waals surface area contributed by atoms with E-state index in [4.69, 9.17) is 37.9 Å². The Balaban J connectivity index is 0.967. The van der Waals surface area contributed by atoms with Gasteiger partial charge in [0.15, 0.2) is 46.0 Å². The number of fused-ring (bicyclic) bond motifs is 15. The first-order chi connectivity index (χ1) is 26.5. The van der Waals surface area contributed by atoms with Gasteiger partial charge in [-0.05, 0) is 76.0 Å². The van der Waals surface area contributed by atoms with Gasteiger partial charge in [0, 0.05) is 54.4 Å². The molecule has 6 aliphatic rings. The summed E-state index contributed by atoms with van der Waals surface area (Å²) in [7, 11) is 4.13. The number of nitrogens with zero attached hydrogens (tertiary/aromatic N) is 2. The molecule has 11 heteroatoms. The van der Waals surface area contributed by atoms with Gasteiger partial charge in [-0.2, -0.15) is 0 Å². The van der Waals surface area contributed by atoms with E-state index in [1.807, 2.05) is 24.3 Å². The van der Waals surface area contributed by atoms with E-state index in [0.29, 0.717) is 34.5 Å². The van der Waals surface area contributed by atoms with Crippen molar-refractivity contribution in [3.63, 3.8) is 0 Å². The summed E-state index contributed by atoms with van der Waals surface area (Å²) in [6, 6.07) is 24.2. The van der Waals surface area contributed by atoms with E-state index < -0.39 is 0 Å². The van der Waals surface area contributed by atoms with Crippen LogP contribution in [-0.2, 0) is 4.79 Å². The normalized spacial score (nSPS) is 18.9. The number of rotatable bonds is 4. The monoisotopic (exact) mass is 720 g/mol. The third kappa shape index (κ3) is 4.09.